The summed E-state index contributed by atoms with van der Waals surface area (Å²) in [6, 6.07) is 5.15. The molecule has 1 fully saturated rings. The van der Waals surface area contributed by atoms with E-state index in [1.54, 1.807) is 42.2 Å². The normalized spacial score (nSPS) is 17.7. The van der Waals surface area contributed by atoms with E-state index in [1.165, 1.54) is 22.1 Å². The van der Waals surface area contributed by atoms with E-state index in [1.807, 2.05) is 6.92 Å². The number of carbonyl (C=O) groups excluding carboxylic acids is 1. The number of Topliss-reactive ketones (excluding diaryl/α,β-unsaturated/α-hetero) is 1. The van der Waals surface area contributed by atoms with Gasteiger partial charge in [-0.1, -0.05) is 0 Å². The number of aliphatic hydroxyl groups is 1. The Morgan fingerprint density at radius 2 is 2.18 bits per heavy atom. The second kappa shape index (κ2) is 8.41. The second-order valence-electron chi connectivity index (χ2n) is 8.08. The third-order valence-electron chi connectivity index (χ3n) is 5.88. The highest BCUT2D eigenvalue weighted by atomic mass is 32.1. The predicted octanol–water partition coefficient (Wildman–Crippen LogP) is 2.77. The van der Waals surface area contributed by atoms with E-state index < -0.39 is 6.10 Å². The number of hydrogen-bond acceptors (Lipinski definition) is 9. The second-order valence-corrected chi connectivity index (χ2v) is 9.29. The molecule has 0 saturated heterocycles. The number of carbonyl (C=O) groups is 1. The van der Waals surface area contributed by atoms with Crippen molar-refractivity contribution in [3.63, 3.8) is 0 Å². The first-order valence-corrected chi connectivity index (χ1v) is 11.5. The summed E-state index contributed by atoms with van der Waals surface area (Å²) in [6.45, 7) is 1.93. The molecule has 1 saturated carbocycles. The highest BCUT2D eigenvalue weighted by Crippen LogP contribution is 2.32. The number of aliphatic hydroxyl groups excluding tert-OH is 1. The first-order valence-electron chi connectivity index (χ1n) is 10.6. The van der Waals surface area contributed by atoms with Crippen LogP contribution in [0.2, 0.25) is 0 Å². The van der Waals surface area contributed by atoms with E-state index in [9.17, 15) is 14.7 Å². The fraction of sp³-hybridized carbons (Fsp3) is 0.318. The maximum Gasteiger partial charge on any atom is 0.280 e. The van der Waals surface area contributed by atoms with Crippen molar-refractivity contribution < 1.29 is 9.90 Å². The Morgan fingerprint density at radius 1 is 1.33 bits per heavy atom. The van der Waals surface area contributed by atoms with E-state index >= 15 is 0 Å². The minimum absolute atomic E-state index is 0.0187. The van der Waals surface area contributed by atoms with Crippen molar-refractivity contribution in [2.24, 2.45) is 5.92 Å². The van der Waals surface area contributed by atoms with Crippen LogP contribution in [0.4, 0.5) is 17.3 Å². The number of hydrogen-bond donors (Lipinski definition) is 3. The number of rotatable bonds is 7. The van der Waals surface area contributed by atoms with Gasteiger partial charge in [-0.2, -0.15) is 9.61 Å². The number of thiazole rings is 1. The number of nitrogens with zero attached hydrogens (tertiary/aromatic N) is 5. The molecule has 11 heteroatoms. The largest absolute Gasteiger partial charge is 0.393 e. The molecule has 2 atom stereocenters. The zero-order valence-electron chi connectivity index (χ0n) is 18.1. The molecule has 0 aliphatic heterocycles. The average Bonchev–Trinajstić information content (AvgIpc) is 3.43. The lowest BCUT2D eigenvalue weighted by molar-refractivity contribution is 0.0199. The van der Waals surface area contributed by atoms with Gasteiger partial charge in [0.2, 0.25) is 0 Å². The van der Waals surface area contributed by atoms with Crippen LogP contribution in [-0.2, 0) is 0 Å². The number of aryl methyl sites for hydroxylation is 1. The van der Waals surface area contributed by atoms with Crippen molar-refractivity contribution in [1.82, 2.24) is 24.1 Å². The Balaban J connectivity index is 1.50. The topological polar surface area (TPSA) is 126 Å². The standard InChI is InChI=1S/C22H23N7O3S/c1-12-10-24-22(33-12)28-7-3-4-15(21(28)32)26-18-9-19(23-2)29-20(27-18)14(11-25-29)17(31)8-13-5-6-16(13)30/h3-4,7,9-11,13,16,23,30H,5-6,8H2,1-2H3,(H,26,27)/t13?,16-/m1/s1. The van der Waals surface area contributed by atoms with Crippen LogP contribution >= 0.6 is 11.3 Å². The fourth-order valence-electron chi connectivity index (χ4n) is 3.87. The molecule has 0 amide bonds. The number of anilines is 3. The smallest absolute Gasteiger partial charge is 0.280 e. The molecule has 0 radical (unpaired) electrons. The van der Waals surface area contributed by atoms with Crippen LogP contribution in [0.15, 0.2) is 41.6 Å². The number of nitrogens with one attached hydrogen (secondary N) is 2. The Hall–Kier alpha value is -3.57. The van der Waals surface area contributed by atoms with Crippen molar-refractivity contribution in [3.05, 3.63) is 57.6 Å². The van der Waals surface area contributed by atoms with Gasteiger partial charge in [0, 0.05) is 36.8 Å². The Bertz CT molecular complexity index is 1410. The van der Waals surface area contributed by atoms with Crippen LogP contribution in [0.3, 0.4) is 0 Å². The summed E-state index contributed by atoms with van der Waals surface area (Å²) in [5, 5.41) is 20.9. The molecule has 0 aromatic carbocycles. The van der Waals surface area contributed by atoms with Gasteiger partial charge in [0.1, 0.15) is 17.3 Å². The molecule has 1 aliphatic carbocycles. The highest BCUT2D eigenvalue weighted by Gasteiger charge is 2.32. The van der Waals surface area contributed by atoms with Crippen LogP contribution in [0.25, 0.3) is 10.8 Å². The van der Waals surface area contributed by atoms with Crippen LogP contribution in [0.5, 0.6) is 0 Å². The molecule has 1 aliphatic rings. The van der Waals surface area contributed by atoms with E-state index in [0.29, 0.717) is 33.7 Å². The van der Waals surface area contributed by atoms with Gasteiger partial charge in [-0.3, -0.25) is 14.2 Å². The Kier molecular flexibility index (Phi) is 5.43. The van der Waals surface area contributed by atoms with Crippen LogP contribution in [0.1, 0.15) is 34.5 Å². The molecule has 4 heterocycles. The lowest BCUT2D eigenvalue weighted by atomic mass is 9.78. The number of fused-ring (bicyclic) bond motifs is 1. The van der Waals surface area contributed by atoms with Gasteiger partial charge in [0.05, 0.1) is 17.9 Å². The zero-order valence-corrected chi connectivity index (χ0v) is 19.0. The van der Waals surface area contributed by atoms with Gasteiger partial charge in [-0.05, 0) is 37.8 Å². The molecule has 5 rings (SSSR count). The molecule has 3 N–H and O–H groups in total. The maximum atomic E-state index is 13.0. The van der Waals surface area contributed by atoms with Gasteiger partial charge in [0.15, 0.2) is 16.6 Å². The molecule has 4 aromatic heterocycles. The summed E-state index contributed by atoms with van der Waals surface area (Å²) in [5.41, 5.74) is 0.838. The Morgan fingerprint density at radius 3 is 2.85 bits per heavy atom. The zero-order chi connectivity index (χ0) is 23.1. The number of ketones is 1. The highest BCUT2D eigenvalue weighted by molar-refractivity contribution is 7.13. The lowest BCUT2D eigenvalue weighted by Crippen LogP contribution is -2.32. The van der Waals surface area contributed by atoms with Gasteiger partial charge < -0.3 is 15.7 Å². The molecule has 33 heavy (non-hydrogen) atoms. The summed E-state index contributed by atoms with van der Waals surface area (Å²) < 4.78 is 3.03. The van der Waals surface area contributed by atoms with E-state index in [-0.39, 0.29) is 23.7 Å². The van der Waals surface area contributed by atoms with Crippen molar-refractivity contribution >= 4 is 40.1 Å². The van der Waals surface area contributed by atoms with E-state index in [2.05, 4.69) is 25.7 Å². The molecule has 4 aromatic rings. The quantitative estimate of drug-likeness (QED) is 0.356. The van der Waals surface area contributed by atoms with Crippen molar-refractivity contribution in [2.45, 2.75) is 32.3 Å². The first kappa shape index (κ1) is 21.3. The predicted molar refractivity (Wildman–Crippen MR) is 126 cm³/mol. The van der Waals surface area contributed by atoms with Gasteiger partial charge in [0.25, 0.3) is 5.56 Å². The van der Waals surface area contributed by atoms with Crippen LogP contribution in [-0.4, -0.2) is 48.2 Å². The summed E-state index contributed by atoms with van der Waals surface area (Å²) in [4.78, 5) is 35.8. The van der Waals surface area contributed by atoms with Crippen molar-refractivity contribution in [2.75, 3.05) is 17.7 Å². The lowest BCUT2D eigenvalue weighted by Gasteiger charge is -2.31. The Labute approximate surface area is 192 Å². The minimum Gasteiger partial charge on any atom is -0.393 e. The van der Waals surface area contributed by atoms with Gasteiger partial charge in [-0.25, -0.2) is 9.97 Å². The number of pyridine rings is 1. The summed E-state index contributed by atoms with van der Waals surface area (Å²) in [5.74, 6) is 0.878. The third kappa shape index (κ3) is 3.89. The van der Waals surface area contributed by atoms with Crippen molar-refractivity contribution in [1.29, 1.82) is 0 Å². The maximum absolute atomic E-state index is 13.0. The molecular weight excluding hydrogens is 442 g/mol. The SMILES string of the molecule is CNc1cc(Nc2cccn(-c3ncc(C)s3)c2=O)nc2c(C(=O)CC3CC[C@H]3O)cnn12. The van der Waals surface area contributed by atoms with E-state index in [4.69, 9.17) is 0 Å². The van der Waals surface area contributed by atoms with Crippen LogP contribution < -0.4 is 16.2 Å². The average molecular weight is 466 g/mol. The first-order chi connectivity index (χ1) is 15.9. The molecule has 0 spiro atoms. The summed E-state index contributed by atoms with van der Waals surface area (Å²) in [7, 11) is 1.74. The van der Waals surface area contributed by atoms with Gasteiger partial charge >= 0.3 is 0 Å². The molecule has 1 unspecified atom stereocenters. The summed E-state index contributed by atoms with van der Waals surface area (Å²) >= 11 is 1.43. The number of aromatic nitrogens is 5. The molecule has 170 valence electrons. The molecule has 10 nitrogen and oxygen atoms in total. The fourth-order valence-corrected chi connectivity index (χ4v) is 4.61. The molecule has 0 bridgehead atoms. The molecular formula is C22H23N7O3S. The monoisotopic (exact) mass is 465 g/mol. The van der Waals surface area contributed by atoms with E-state index in [0.717, 1.165) is 17.7 Å². The van der Waals surface area contributed by atoms with Crippen molar-refractivity contribution in [3.8, 4) is 5.13 Å². The summed E-state index contributed by atoms with van der Waals surface area (Å²) in [6.07, 6.45) is 6.31. The minimum atomic E-state index is -0.421. The van der Waals surface area contributed by atoms with Gasteiger partial charge in [-0.15, -0.1) is 11.3 Å². The van der Waals surface area contributed by atoms with Crippen LogP contribution in [0, 0.1) is 12.8 Å². The third-order valence-corrected chi connectivity index (χ3v) is 6.79.